The first-order chi connectivity index (χ1) is 11.4. The van der Waals surface area contributed by atoms with Crippen molar-refractivity contribution in [2.24, 2.45) is 0 Å². The lowest BCUT2D eigenvalue weighted by molar-refractivity contribution is -0.112. The Morgan fingerprint density at radius 1 is 1.17 bits per heavy atom. The van der Waals surface area contributed by atoms with E-state index in [0.29, 0.717) is 5.69 Å². The Morgan fingerprint density at radius 2 is 1.92 bits per heavy atom. The number of halogens is 3. The first kappa shape index (κ1) is 17.1. The molecule has 7 heteroatoms. The SMILES string of the molecule is Cc1cccc(NC(=O)/C(C#N)=C\Nc2ccc(F)c(F)c2F)c1. The van der Waals surface area contributed by atoms with Crippen LogP contribution in [0.25, 0.3) is 0 Å². The monoisotopic (exact) mass is 331 g/mol. The molecule has 2 N–H and O–H groups in total. The van der Waals surface area contributed by atoms with E-state index >= 15 is 0 Å². The predicted octanol–water partition coefficient (Wildman–Crippen LogP) is 3.87. The van der Waals surface area contributed by atoms with Crippen LogP contribution in [0.2, 0.25) is 0 Å². The zero-order valence-corrected chi connectivity index (χ0v) is 12.5. The van der Waals surface area contributed by atoms with Crippen LogP contribution in [-0.2, 0) is 4.79 Å². The number of aryl methyl sites for hydroxylation is 1. The van der Waals surface area contributed by atoms with Crippen molar-refractivity contribution >= 4 is 17.3 Å². The van der Waals surface area contributed by atoms with E-state index in [2.05, 4.69) is 10.6 Å². The van der Waals surface area contributed by atoms with Crippen molar-refractivity contribution in [2.75, 3.05) is 10.6 Å². The van der Waals surface area contributed by atoms with Crippen molar-refractivity contribution in [3.63, 3.8) is 0 Å². The molecule has 0 atom stereocenters. The number of carbonyl (C=O) groups excluding carboxylic acids is 1. The molecule has 2 rings (SSSR count). The van der Waals surface area contributed by atoms with Gasteiger partial charge in [-0.15, -0.1) is 0 Å². The molecule has 1 amide bonds. The van der Waals surface area contributed by atoms with Crippen molar-refractivity contribution < 1.29 is 18.0 Å². The van der Waals surface area contributed by atoms with Crippen molar-refractivity contribution in [3.05, 3.63) is 71.2 Å². The number of hydrogen-bond acceptors (Lipinski definition) is 3. The summed E-state index contributed by atoms with van der Waals surface area (Å²) < 4.78 is 39.5. The summed E-state index contributed by atoms with van der Waals surface area (Å²) in [6.45, 7) is 1.84. The zero-order chi connectivity index (χ0) is 17.7. The smallest absolute Gasteiger partial charge is 0.267 e. The van der Waals surface area contributed by atoms with E-state index in [4.69, 9.17) is 5.26 Å². The fraction of sp³-hybridized carbons (Fsp3) is 0.0588. The maximum Gasteiger partial charge on any atom is 0.267 e. The lowest BCUT2D eigenvalue weighted by atomic mass is 10.2. The molecule has 0 saturated carbocycles. The Morgan fingerprint density at radius 3 is 2.58 bits per heavy atom. The number of anilines is 2. The van der Waals surface area contributed by atoms with Crippen LogP contribution in [0.1, 0.15) is 5.56 Å². The van der Waals surface area contributed by atoms with Gasteiger partial charge < -0.3 is 10.6 Å². The minimum atomic E-state index is -1.64. The lowest BCUT2D eigenvalue weighted by Gasteiger charge is -2.07. The van der Waals surface area contributed by atoms with Crippen molar-refractivity contribution in [1.29, 1.82) is 5.26 Å². The Labute approximate surface area is 136 Å². The van der Waals surface area contributed by atoms with Crippen LogP contribution in [0.15, 0.2) is 48.2 Å². The maximum absolute atomic E-state index is 13.5. The predicted molar refractivity (Wildman–Crippen MR) is 83.4 cm³/mol. The molecule has 0 aliphatic heterocycles. The number of nitrogens with zero attached hydrogens (tertiary/aromatic N) is 1. The standard InChI is InChI=1S/C17H12F3N3O/c1-10-3-2-4-12(7-10)23-17(24)11(8-21)9-22-14-6-5-13(18)15(19)16(14)20/h2-7,9,22H,1H3,(H,23,24)/b11-9-. The van der Waals surface area contributed by atoms with E-state index in [-0.39, 0.29) is 5.57 Å². The number of amides is 1. The Kier molecular flexibility index (Phi) is 5.22. The summed E-state index contributed by atoms with van der Waals surface area (Å²) in [4.78, 5) is 12.0. The molecule has 0 aliphatic rings. The summed E-state index contributed by atoms with van der Waals surface area (Å²) in [5.41, 5.74) is 0.642. The number of nitrogens with one attached hydrogen (secondary N) is 2. The molecule has 24 heavy (non-hydrogen) atoms. The highest BCUT2D eigenvalue weighted by Gasteiger charge is 2.14. The molecule has 0 heterocycles. The highest BCUT2D eigenvalue weighted by Crippen LogP contribution is 2.20. The van der Waals surface area contributed by atoms with Crippen molar-refractivity contribution in [2.45, 2.75) is 6.92 Å². The molecule has 122 valence electrons. The van der Waals surface area contributed by atoms with Gasteiger partial charge in [0.2, 0.25) is 0 Å². The second kappa shape index (κ2) is 7.33. The molecular formula is C17H12F3N3O. The van der Waals surface area contributed by atoms with Crippen LogP contribution in [-0.4, -0.2) is 5.91 Å². The first-order valence-corrected chi connectivity index (χ1v) is 6.80. The van der Waals surface area contributed by atoms with Gasteiger partial charge in [-0.1, -0.05) is 12.1 Å². The van der Waals surface area contributed by atoms with Gasteiger partial charge in [-0.3, -0.25) is 4.79 Å². The molecule has 0 fully saturated rings. The van der Waals surface area contributed by atoms with E-state index < -0.39 is 29.0 Å². The van der Waals surface area contributed by atoms with Gasteiger partial charge in [0, 0.05) is 11.9 Å². The van der Waals surface area contributed by atoms with E-state index in [9.17, 15) is 18.0 Å². The van der Waals surface area contributed by atoms with Crippen LogP contribution < -0.4 is 10.6 Å². The molecule has 0 unspecified atom stereocenters. The van der Waals surface area contributed by atoms with Crippen LogP contribution in [0.3, 0.4) is 0 Å². The molecule has 0 radical (unpaired) electrons. The molecule has 0 bridgehead atoms. The van der Waals surface area contributed by atoms with Gasteiger partial charge in [0.15, 0.2) is 17.5 Å². The second-order valence-electron chi connectivity index (χ2n) is 4.86. The van der Waals surface area contributed by atoms with Gasteiger partial charge >= 0.3 is 0 Å². The summed E-state index contributed by atoms with van der Waals surface area (Å²) in [7, 11) is 0. The van der Waals surface area contributed by atoms with E-state index in [1.165, 1.54) is 0 Å². The summed E-state index contributed by atoms with van der Waals surface area (Å²) in [6, 6.07) is 10.2. The Balaban J connectivity index is 2.16. The summed E-state index contributed by atoms with van der Waals surface area (Å²) >= 11 is 0. The Hall–Kier alpha value is -3.27. The third kappa shape index (κ3) is 3.93. The number of nitriles is 1. The van der Waals surface area contributed by atoms with Crippen molar-refractivity contribution in [1.82, 2.24) is 0 Å². The zero-order valence-electron chi connectivity index (χ0n) is 12.5. The fourth-order valence-electron chi connectivity index (χ4n) is 1.86. The number of rotatable bonds is 4. The average Bonchev–Trinajstić information content (AvgIpc) is 2.55. The van der Waals surface area contributed by atoms with Gasteiger partial charge in [0.05, 0.1) is 5.69 Å². The maximum atomic E-state index is 13.5. The highest BCUT2D eigenvalue weighted by molar-refractivity contribution is 6.06. The number of benzene rings is 2. The van der Waals surface area contributed by atoms with Gasteiger partial charge in [0.1, 0.15) is 11.6 Å². The third-order valence-electron chi connectivity index (χ3n) is 3.05. The molecular weight excluding hydrogens is 319 g/mol. The molecule has 2 aromatic carbocycles. The molecule has 4 nitrogen and oxygen atoms in total. The summed E-state index contributed by atoms with van der Waals surface area (Å²) in [6.07, 6.45) is 0.918. The van der Waals surface area contributed by atoms with Crippen LogP contribution >= 0.6 is 0 Å². The number of carbonyl (C=O) groups is 1. The second-order valence-corrected chi connectivity index (χ2v) is 4.86. The van der Waals surface area contributed by atoms with E-state index in [1.54, 1.807) is 24.3 Å². The minimum absolute atomic E-state index is 0.361. The summed E-state index contributed by atoms with van der Waals surface area (Å²) in [5.74, 6) is -5.14. The largest absolute Gasteiger partial charge is 0.358 e. The quantitative estimate of drug-likeness (QED) is 0.508. The molecule has 0 spiro atoms. The molecule has 0 aromatic heterocycles. The van der Waals surface area contributed by atoms with Gasteiger partial charge in [0.25, 0.3) is 5.91 Å². The highest BCUT2D eigenvalue weighted by atomic mass is 19.2. The first-order valence-electron chi connectivity index (χ1n) is 6.80. The average molecular weight is 331 g/mol. The van der Waals surface area contributed by atoms with Gasteiger partial charge in [-0.25, -0.2) is 13.2 Å². The Bertz CT molecular complexity index is 857. The lowest BCUT2D eigenvalue weighted by Crippen LogP contribution is -2.14. The van der Waals surface area contributed by atoms with Crippen LogP contribution in [0, 0.1) is 35.7 Å². The minimum Gasteiger partial charge on any atom is -0.358 e. The van der Waals surface area contributed by atoms with Gasteiger partial charge in [-0.05, 0) is 36.8 Å². The molecule has 2 aromatic rings. The van der Waals surface area contributed by atoms with Gasteiger partial charge in [-0.2, -0.15) is 5.26 Å². The fourth-order valence-corrected chi connectivity index (χ4v) is 1.86. The molecule has 0 saturated heterocycles. The number of hydrogen-bond donors (Lipinski definition) is 2. The normalized spacial score (nSPS) is 10.9. The summed E-state index contributed by atoms with van der Waals surface area (Å²) in [5, 5.41) is 13.8. The van der Waals surface area contributed by atoms with E-state index in [0.717, 1.165) is 23.9 Å². The molecule has 0 aliphatic carbocycles. The van der Waals surface area contributed by atoms with Crippen LogP contribution in [0.5, 0.6) is 0 Å². The third-order valence-corrected chi connectivity index (χ3v) is 3.05. The van der Waals surface area contributed by atoms with Crippen molar-refractivity contribution in [3.8, 4) is 6.07 Å². The van der Waals surface area contributed by atoms with E-state index in [1.807, 2.05) is 13.0 Å². The van der Waals surface area contributed by atoms with Crippen LogP contribution in [0.4, 0.5) is 24.5 Å². The topological polar surface area (TPSA) is 64.9 Å².